The molecular weight excluding hydrogens is 196 g/mol. The number of rotatable bonds is 4. The lowest BCUT2D eigenvalue weighted by molar-refractivity contribution is 0.411. The average molecular weight is 216 g/mol. The van der Waals surface area contributed by atoms with Crippen LogP contribution in [0.5, 0.6) is 0 Å². The Hall–Kier alpha value is -1.50. The smallest absolute Gasteiger partial charge is 0.115 e. The van der Waals surface area contributed by atoms with Crippen LogP contribution in [-0.4, -0.2) is 5.11 Å². The largest absolute Gasteiger partial charge is 0.508 e. The summed E-state index contributed by atoms with van der Waals surface area (Å²) < 4.78 is 0. The summed E-state index contributed by atoms with van der Waals surface area (Å²) in [5.74, 6) is 0.641. The molecule has 1 rings (SSSR count). The van der Waals surface area contributed by atoms with E-state index in [9.17, 15) is 5.11 Å². The third-order valence-electron chi connectivity index (χ3n) is 2.89. The van der Waals surface area contributed by atoms with Gasteiger partial charge < -0.3 is 5.11 Å². The van der Waals surface area contributed by atoms with Gasteiger partial charge in [-0.05, 0) is 43.9 Å². The van der Waals surface area contributed by atoms with Crippen LogP contribution in [0.15, 0.2) is 59.9 Å². The lowest BCUT2D eigenvalue weighted by atomic mass is 9.80. The standard InChI is InChI=1S/C15H20O/c1-5-7-13-12(11(3)4)9-10-15(16)14(13)8-6-2/h5-6,9-10,13,16H,1-2,7-8H2,3-4H3. The van der Waals surface area contributed by atoms with E-state index in [0.29, 0.717) is 5.76 Å². The number of hydrogen-bond donors (Lipinski definition) is 1. The normalized spacial score (nSPS) is 19.9. The zero-order chi connectivity index (χ0) is 12.1. The molecule has 0 aliphatic heterocycles. The Bertz CT molecular complexity index is 376. The first-order valence-electron chi connectivity index (χ1n) is 5.61. The van der Waals surface area contributed by atoms with Crippen LogP contribution in [0.3, 0.4) is 0 Å². The van der Waals surface area contributed by atoms with Crippen molar-refractivity contribution in [2.75, 3.05) is 0 Å². The first kappa shape index (κ1) is 12.6. The Labute approximate surface area is 98.2 Å². The van der Waals surface area contributed by atoms with Crippen LogP contribution in [0.4, 0.5) is 0 Å². The van der Waals surface area contributed by atoms with Crippen molar-refractivity contribution < 1.29 is 5.11 Å². The summed E-state index contributed by atoms with van der Waals surface area (Å²) in [6.07, 6.45) is 9.11. The molecule has 1 atom stereocenters. The van der Waals surface area contributed by atoms with E-state index in [2.05, 4.69) is 27.0 Å². The zero-order valence-electron chi connectivity index (χ0n) is 10.2. The maximum atomic E-state index is 9.88. The Morgan fingerprint density at radius 1 is 1.31 bits per heavy atom. The number of aliphatic hydroxyl groups is 1. The summed E-state index contributed by atoms with van der Waals surface area (Å²) in [7, 11) is 0. The first-order valence-corrected chi connectivity index (χ1v) is 5.61. The van der Waals surface area contributed by atoms with Crippen molar-refractivity contribution in [1.82, 2.24) is 0 Å². The van der Waals surface area contributed by atoms with Crippen molar-refractivity contribution in [2.45, 2.75) is 26.7 Å². The van der Waals surface area contributed by atoms with Crippen LogP contribution in [0, 0.1) is 5.92 Å². The van der Waals surface area contributed by atoms with Crippen molar-refractivity contribution in [3.05, 3.63) is 59.9 Å². The molecule has 86 valence electrons. The fraction of sp³-hybridized carbons (Fsp3) is 0.333. The SMILES string of the molecule is C=CCC1=C(O)C=CC(=C(C)C)C1CC=C. The van der Waals surface area contributed by atoms with Gasteiger partial charge in [0.1, 0.15) is 5.76 Å². The van der Waals surface area contributed by atoms with Crippen molar-refractivity contribution >= 4 is 0 Å². The van der Waals surface area contributed by atoms with Crippen LogP contribution in [0.2, 0.25) is 0 Å². The lowest BCUT2D eigenvalue weighted by Crippen LogP contribution is -2.12. The summed E-state index contributed by atoms with van der Waals surface area (Å²) in [6, 6.07) is 0. The van der Waals surface area contributed by atoms with Crippen LogP contribution < -0.4 is 0 Å². The van der Waals surface area contributed by atoms with E-state index in [1.807, 2.05) is 18.2 Å². The van der Waals surface area contributed by atoms with Gasteiger partial charge >= 0.3 is 0 Å². The lowest BCUT2D eigenvalue weighted by Gasteiger charge is -2.25. The van der Waals surface area contributed by atoms with Gasteiger partial charge in [-0.3, -0.25) is 0 Å². The number of aliphatic hydroxyl groups excluding tert-OH is 1. The molecule has 0 saturated carbocycles. The summed E-state index contributed by atoms with van der Waals surface area (Å²) in [4.78, 5) is 0. The highest BCUT2D eigenvalue weighted by Crippen LogP contribution is 2.35. The van der Waals surface area contributed by atoms with Gasteiger partial charge in [0.15, 0.2) is 0 Å². The Kier molecular flexibility index (Phi) is 4.36. The molecule has 0 fully saturated rings. The van der Waals surface area contributed by atoms with Gasteiger partial charge in [0, 0.05) is 5.92 Å². The summed E-state index contributed by atoms with van der Waals surface area (Å²) in [5.41, 5.74) is 3.63. The molecule has 0 aromatic rings. The average Bonchev–Trinajstić information content (AvgIpc) is 2.23. The van der Waals surface area contributed by atoms with Gasteiger partial charge in [0.05, 0.1) is 0 Å². The van der Waals surface area contributed by atoms with Crippen molar-refractivity contribution in [2.24, 2.45) is 5.92 Å². The second-order valence-electron chi connectivity index (χ2n) is 4.27. The first-order chi connectivity index (χ1) is 7.61. The van der Waals surface area contributed by atoms with E-state index < -0.39 is 0 Å². The van der Waals surface area contributed by atoms with Crippen molar-refractivity contribution in [1.29, 1.82) is 0 Å². The molecule has 1 unspecified atom stereocenters. The molecule has 0 radical (unpaired) electrons. The molecule has 0 aromatic heterocycles. The van der Waals surface area contributed by atoms with Gasteiger partial charge in [-0.2, -0.15) is 0 Å². The van der Waals surface area contributed by atoms with Crippen molar-refractivity contribution in [3.8, 4) is 0 Å². The quantitative estimate of drug-likeness (QED) is 0.687. The molecule has 0 bridgehead atoms. The highest BCUT2D eigenvalue weighted by atomic mass is 16.3. The molecule has 0 aromatic carbocycles. The minimum atomic E-state index is 0.255. The summed E-state index contributed by atoms with van der Waals surface area (Å²) in [6.45, 7) is 11.7. The summed E-state index contributed by atoms with van der Waals surface area (Å²) in [5, 5.41) is 9.88. The molecular formula is C15H20O. The minimum Gasteiger partial charge on any atom is -0.508 e. The molecule has 0 amide bonds. The Balaban J connectivity index is 3.17. The second-order valence-corrected chi connectivity index (χ2v) is 4.27. The summed E-state index contributed by atoms with van der Waals surface area (Å²) >= 11 is 0. The Morgan fingerprint density at radius 2 is 2.00 bits per heavy atom. The van der Waals surface area contributed by atoms with E-state index in [1.165, 1.54) is 11.1 Å². The molecule has 0 heterocycles. The molecule has 0 saturated heterocycles. The van der Waals surface area contributed by atoms with Crippen LogP contribution >= 0.6 is 0 Å². The van der Waals surface area contributed by atoms with E-state index in [4.69, 9.17) is 0 Å². The molecule has 16 heavy (non-hydrogen) atoms. The second kappa shape index (κ2) is 5.55. The third kappa shape index (κ3) is 2.54. The minimum absolute atomic E-state index is 0.255. The maximum Gasteiger partial charge on any atom is 0.115 e. The van der Waals surface area contributed by atoms with E-state index in [-0.39, 0.29) is 5.92 Å². The van der Waals surface area contributed by atoms with Gasteiger partial charge in [0.2, 0.25) is 0 Å². The molecule has 1 N–H and O–H groups in total. The zero-order valence-corrected chi connectivity index (χ0v) is 10.2. The molecule has 1 heteroatoms. The van der Waals surface area contributed by atoms with Crippen molar-refractivity contribution in [3.63, 3.8) is 0 Å². The van der Waals surface area contributed by atoms with E-state index in [0.717, 1.165) is 18.4 Å². The van der Waals surface area contributed by atoms with Gasteiger partial charge in [-0.15, -0.1) is 13.2 Å². The molecule has 1 aliphatic rings. The van der Waals surface area contributed by atoms with E-state index >= 15 is 0 Å². The topological polar surface area (TPSA) is 20.2 Å². The Morgan fingerprint density at radius 3 is 2.50 bits per heavy atom. The third-order valence-corrected chi connectivity index (χ3v) is 2.89. The van der Waals surface area contributed by atoms with Crippen LogP contribution in [0.1, 0.15) is 26.7 Å². The molecule has 1 aliphatic carbocycles. The van der Waals surface area contributed by atoms with Crippen LogP contribution in [0.25, 0.3) is 0 Å². The van der Waals surface area contributed by atoms with E-state index in [1.54, 1.807) is 6.08 Å². The fourth-order valence-corrected chi connectivity index (χ4v) is 2.11. The van der Waals surface area contributed by atoms with Crippen LogP contribution in [-0.2, 0) is 0 Å². The predicted molar refractivity (Wildman–Crippen MR) is 70.3 cm³/mol. The maximum absolute atomic E-state index is 9.88. The monoisotopic (exact) mass is 216 g/mol. The molecule has 1 nitrogen and oxygen atoms in total. The number of hydrogen-bond acceptors (Lipinski definition) is 1. The predicted octanol–water partition coefficient (Wildman–Crippen LogP) is 4.47. The fourth-order valence-electron chi connectivity index (χ4n) is 2.11. The molecule has 0 spiro atoms. The number of allylic oxidation sites excluding steroid dienone is 7. The van der Waals surface area contributed by atoms with Gasteiger partial charge in [-0.25, -0.2) is 0 Å². The highest BCUT2D eigenvalue weighted by molar-refractivity contribution is 5.43. The highest BCUT2D eigenvalue weighted by Gasteiger charge is 2.22. The van der Waals surface area contributed by atoms with Gasteiger partial charge in [0.25, 0.3) is 0 Å². The van der Waals surface area contributed by atoms with Gasteiger partial charge in [-0.1, -0.05) is 23.8 Å².